The Bertz CT molecular complexity index is 1010. The van der Waals surface area contributed by atoms with Gasteiger partial charge in [-0.05, 0) is 23.8 Å². The number of rotatable bonds is 4. The summed E-state index contributed by atoms with van der Waals surface area (Å²) in [5, 5.41) is 9.84. The number of anilines is 2. The van der Waals surface area contributed by atoms with E-state index in [0.29, 0.717) is 29.4 Å². The molecule has 1 aliphatic rings. The fourth-order valence-corrected chi connectivity index (χ4v) is 3.22. The lowest BCUT2D eigenvalue weighted by atomic mass is 10.1. The third-order valence-electron chi connectivity index (χ3n) is 4.49. The van der Waals surface area contributed by atoms with E-state index >= 15 is 0 Å². The smallest absolute Gasteiger partial charge is 0.418 e. The van der Waals surface area contributed by atoms with Crippen LogP contribution in [0.3, 0.4) is 0 Å². The lowest BCUT2D eigenvalue weighted by molar-refractivity contribution is -0.137. The fourth-order valence-electron chi connectivity index (χ4n) is 3.22. The maximum Gasteiger partial charge on any atom is 0.418 e. The molecule has 0 radical (unpaired) electrons. The number of H-pyrrole nitrogens is 1. The Morgan fingerprint density at radius 2 is 1.89 bits per heavy atom. The number of halogens is 3. The van der Waals surface area contributed by atoms with Crippen LogP contribution in [0.5, 0.6) is 11.5 Å². The van der Waals surface area contributed by atoms with E-state index in [-0.39, 0.29) is 5.69 Å². The lowest BCUT2D eigenvalue weighted by Crippen LogP contribution is -2.09. The van der Waals surface area contributed by atoms with Gasteiger partial charge in [0.1, 0.15) is 5.82 Å². The van der Waals surface area contributed by atoms with Gasteiger partial charge in [0, 0.05) is 23.7 Å². The van der Waals surface area contributed by atoms with E-state index in [4.69, 9.17) is 9.47 Å². The SMILES string of the molecule is COc1cc2c(cc1OC)-c1n[nH]c(Nc3cnccc3C(F)(F)F)c1C2. The van der Waals surface area contributed by atoms with Gasteiger partial charge in [-0.25, -0.2) is 0 Å². The standard InChI is InChI=1S/C18H15F3N4O2/c1-26-14-6-9-5-11-16(10(9)7-15(14)27-2)24-25-17(11)23-13-8-22-4-3-12(13)18(19,20)21/h3-4,6-8H,5H2,1-2H3,(H2,23,24,25). The van der Waals surface area contributed by atoms with E-state index < -0.39 is 11.7 Å². The molecule has 0 atom stereocenters. The lowest BCUT2D eigenvalue weighted by Gasteiger charge is -2.13. The molecule has 3 aromatic rings. The maximum atomic E-state index is 13.2. The summed E-state index contributed by atoms with van der Waals surface area (Å²) >= 11 is 0. The highest BCUT2D eigenvalue weighted by atomic mass is 19.4. The first kappa shape index (κ1) is 17.2. The van der Waals surface area contributed by atoms with E-state index in [1.54, 1.807) is 14.2 Å². The summed E-state index contributed by atoms with van der Waals surface area (Å²) in [6.07, 6.45) is -1.73. The van der Waals surface area contributed by atoms with Crippen LogP contribution in [0.1, 0.15) is 16.7 Å². The van der Waals surface area contributed by atoms with Crippen molar-refractivity contribution in [2.45, 2.75) is 12.6 Å². The van der Waals surface area contributed by atoms with Crippen LogP contribution >= 0.6 is 0 Å². The average Bonchev–Trinajstić information content (AvgIpc) is 3.19. The summed E-state index contributed by atoms with van der Waals surface area (Å²) in [5.41, 5.74) is 2.34. The number of alkyl halides is 3. The van der Waals surface area contributed by atoms with Crippen molar-refractivity contribution in [3.05, 3.63) is 47.3 Å². The van der Waals surface area contributed by atoms with Gasteiger partial charge in [-0.1, -0.05) is 0 Å². The van der Waals surface area contributed by atoms with Gasteiger partial charge in [0.25, 0.3) is 0 Å². The van der Waals surface area contributed by atoms with Crippen molar-refractivity contribution in [1.82, 2.24) is 15.2 Å². The van der Waals surface area contributed by atoms with Crippen LogP contribution in [0.15, 0.2) is 30.6 Å². The first-order valence-electron chi connectivity index (χ1n) is 8.03. The van der Waals surface area contributed by atoms with E-state index in [2.05, 4.69) is 20.5 Å². The van der Waals surface area contributed by atoms with Gasteiger partial charge in [0.2, 0.25) is 0 Å². The van der Waals surface area contributed by atoms with Crippen LogP contribution in [-0.2, 0) is 12.6 Å². The Morgan fingerprint density at radius 3 is 2.59 bits per heavy atom. The van der Waals surface area contributed by atoms with Crippen molar-refractivity contribution >= 4 is 11.5 Å². The molecule has 27 heavy (non-hydrogen) atoms. The minimum atomic E-state index is -4.49. The van der Waals surface area contributed by atoms with Crippen molar-refractivity contribution < 1.29 is 22.6 Å². The molecule has 2 heterocycles. The third-order valence-corrected chi connectivity index (χ3v) is 4.49. The average molecular weight is 376 g/mol. The third kappa shape index (κ3) is 2.84. The zero-order valence-corrected chi connectivity index (χ0v) is 14.4. The number of hydrogen-bond donors (Lipinski definition) is 2. The Balaban J connectivity index is 1.72. The number of hydrogen-bond acceptors (Lipinski definition) is 5. The van der Waals surface area contributed by atoms with Crippen LogP contribution < -0.4 is 14.8 Å². The number of nitrogens with zero attached hydrogens (tertiary/aromatic N) is 2. The van der Waals surface area contributed by atoms with Gasteiger partial charge in [0.05, 0.1) is 37.4 Å². The van der Waals surface area contributed by atoms with Crippen molar-refractivity contribution in [2.75, 3.05) is 19.5 Å². The van der Waals surface area contributed by atoms with Crippen LogP contribution in [0, 0.1) is 0 Å². The molecule has 1 aliphatic carbocycles. The quantitative estimate of drug-likeness (QED) is 0.560. The predicted molar refractivity (Wildman–Crippen MR) is 92.5 cm³/mol. The molecule has 0 amide bonds. The molecule has 9 heteroatoms. The number of methoxy groups -OCH3 is 2. The zero-order valence-electron chi connectivity index (χ0n) is 14.4. The molecule has 0 bridgehead atoms. The van der Waals surface area contributed by atoms with Gasteiger partial charge < -0.3 is 14.8 Å². The minimum Gasteiger partial charge on any atom is -0.493 e. The molecule has 140 valence electrons. The van der Waals surface area contributed by atoms with Crippen LogP contribution in [0.2, 0.25) is 0 Å². The van der Waals surface area contributed by atoms with Crippen LogP contribution in [0.25, 0.3) is 11.3 Å². The first-order chi connectivity index (χ1) is 12.9. The summed E-state index contributed by atoms with van der Waals surface area (Å²) in [6, 6.07) is 4.60. The summed E-state index contributed by atoms with van der Waals surface area (Å²) in [7, 11) is 3.09. The molecular weight excluding hydrogens is 361 g/mol. The van der Waals surface area contributed by atoms with Crippen molar-refractivity contribution in [2.24, 2.45) is 0 Å². The molecule has 0 aliphatic heterocycles. The van der Waals surface area contributed by atoms with Gasteiger partial charge in [-0.2, -0.15) is 18.3 Å². The summed E-state index contributed by atoms with van der Waals surface area (Å²) < 4.78 is 50.3. The minimum absolute atomic E-state index is 0.137. The molecule has 2 aromatic heterocycles. The molecule has 0 saturated heterocycles. The number of benzene rings is 1. The molecule has 1 aromatic carbocycles. The number of nitrogens with one attached hydrogen (secondary N) is 2. The highest BCUT2D eigenvalue weighted by molar-refractivity contribution is 5.81. The molecule has 0 fully saturated rings. The van der Waals surface area contributed by atoms with E-state index in [0.717, 1.165) is 35.2 Å². The van der Waals surface area contributed by atoms with E-state index in [9.17, 15) is 13.2 Å². The summed E-state index contributed by atoms with van der Waals surface area (Å²) in [6.45, 7) is 0. The van der Waals surface area contributed by atoms with Gasteiger partial charge in [0.15, 0.2) is 11.5 Å². The van der Waals surface area contributed by atoms with Gasteiger partial charge in [-0.3, -0.25) is 10.1 Å². The maximum absolute atomic E-state index is 13.2. The Morgan fingerprint density at radius 1 is 1.15 bits per heavy atom. The largest absolute Gasteiger partial charge is 0.493 e. The van der Waals surface area contributed by atoms with Crippen molar-refractivity contribution in [1.29, 1.82) is 0 Å². The van der Waals surface area contributed by atoms with Crippen molar-refractivity contribution in [3.8, 4) is 22.8 Å². The molecule has 6 nitrogen and oxygen atoms in total. The second-order valence-electron chi connectivity index (χ2n) is 6.01. The van der Waals surface area contributed by atoms with Crippen LogP contribution in [0.4, 0.5) is 24.7 Å². The van der Waals surface area contributed by atoms with E-state index in [1.807, 2.05) is 12.1 Å². The van der Waals surface area contributed by atoms with E-state index in [1.165, 1.54) is 0 Å². The molecule has 0 saturated carbocycles. The fraction of sp³-hybridized carbons (Fsp3) is 0.222. The molecule has 2 N–H and O–H groups in total. The highest BCUT2D eigenvalue weighted by Gasteiger charge is 2.34. The normalized spacial score (nSPS) is 12.5. The Labute approximate surface area is 152 Å². The predicted octanol–water partition coefficient (Wildman–Crippen LogP) is 4.16. The first-order valence-corrected chi connectivity index (χ1v) is 8.03. The molecule has 4 rings (SSSR count). The zero-order chi connectivity index (χ0) is 19.2. The number of aromatic amines is 1. The second-order valence-corrected chi connectivity index (χ2v) is 6.01. The Hall–Kier alpha value is -3.23. The number of aromatic nitrogens is 3. The number of ether oxygens (including phenoxy) is 2. The monoisotopic (exact) mass is 376 g/mol. The summed E-state index contributed by atoms with van der Waals surface area (Å²) in [4.78, 5) is 3.79. The Kier molecular flexibility index (Phi) is 3.94. The summed E-state index contributed by atoms with van der Waals surface area (Å²) in [5.74, 6) is 1.55. The van der Waals surface area contributed by atoms with Crippen LogP contribution in [-0.4, -0.2) is 29.4 Å². The van der Waals surface area contributed by atoms with Gasteiger partial charge in [-0.15, -0.1) is 0 Å². The molecule has 0 unspecified atom stereocenters. The number of fused-ring (bicyclic) bond motifs is 3. The molecule has 0 spiro atoms. The highest BCUT2D eigenvalue weighted by Crippen LogP contribution is 2.45. The topological polar surface area (TPSA) is 72.1 Å². The van der Waals surface area contributed by atoms with Gasteiger partial charge >= 0.3 is 6.18 Å². The molecular formula is C18H15F3N4O2. The van der Waals surface area contributed by atoms with Crippen molar-refractivity contribution in [3.63, 3.8) is 0 Å². The number of pyridine rings is 1. The second kappa shape index (κ2) is 6.19.